The van der Waals surface area contributed by atoms with Crippen LogP contribution in [-0.2, 0) is 0 Å². The van der Waals surface area contributed by atoms with Crippen LogP contribution in [0.2, 0.25) is 0 Å². The maximum absolute atomic E-state index is 6.19. The lowest BCUT2D eigenvalue weighted by Crippen LogP contribution is -1.93. The molecule has 0 saturated carbocycles. The molecule has 3 heterocycles. The second-order valence-electron chi connectivity index (χ2n) is 12.0. The summed E-state index contributed by atoms with van der Waals surface area (Å²) in [7, 11) is 0. The fourth-order valence-corrected chi connectivity index (χ4v) is 7.32. The number of hydrogen-bond acceptors (Lipinski definition) is 2. The van der Waals surface area contributed by atoms with Crippen molar-refractivity contribution in [1.29, 1.82) is 0 Å². The van der Waals surface area contributed by atoms with Gasteiger partial charge in [0.2, 0.25) is 0 Å². The minimum atomic E-state index is 0.906. The predicted octanol–water partition coefficient (Wildman–Crippen LogP) is 11.7. The lowest BCUT2D eigenvalue weighted by molar-refractivity contribution is 0.669. The first-order chi connectivity index (χ1) is 22.8. The highest BCUT2D eigenvalue weighted by atomic mass is 16.3. The van der Waals surface area contributed by atoms with Crippen LogP contribution in [0.5, 0.6) is 0 Å². The third-order valence-electron chi connectivity index (χ3n) is 9.44. The first-order valence-electron chi connectivity index (χ1n) is 15.6. The van der Waals surface area contributed by atoms with Crippen LogP contribution in [-0.4, -0.2) is 9.55 Å². The second kappa shape index (κ2) is 9.65. The summed E-state index contributed by atoms with van der Waals surface area (Å²) in [5.74, 6) is 0. The minimum Gasteiger partial charge on any atom is -0.456 e. The molecule has 3 heteroatoms. The van der Waals surface area contributed by atoms with E-state index in [1.807, 2.05) is 30.6 Å². The molecule has 10 rings (SSSR count). The Morgan fingerprint density at radius 1 is 0.435 bits per heavy atom. The molecule has 0 bridgehead atoms. The molecule has 3 aromatic heterocycles. The Balaban J connectivity index is 1.33. The summed E-state index contributed by atoms with van der Waals surface area (Å²) in [6.45, 7) is 0. The lowest BCUT2D eigenvalue weighted by Gasteiger charge is -2.14. The zero-order valence-electron chi connectivity index (χ0n) is 24.8. The van der Waals surface area contributed by atoms with E-state index in [0.717, 1.165) is 38.8 Å². The van der Waals surface area contributed by atoms with Gasteiger partial charge in [0.25, 0.3) is 0 Å². The van der Waals surface area contributed by atoms with Gasteiger partial charge in [0.15, 0.2) is 0 Å². The number of furan rings is 1. The molecule has 0 unspecified atom stereocenters. The Hall–Kier alpha value is -6.19. The molecular weight excluding hydrogens is 560 g/mol. The van der Waals surface area contributed by atoms with Gasteiger partial charge in [-0.3, -0.25) is 4.98 Å². The Bertz CT molecular complexity index is 2790. The first kappa shape index (κ1) is 25.2. The van der Waals surface area contributed by atoms with Crippen LogP contribution in [0.3, 0.4) is 0 Å². The smallest absolute Gasteiger partial charge is 0.135 e. The van der Waals surface area contributed by atoms with E-state index >= 15 is 0 Å². The lowest BCUT2D eigenvalue weighted by atomic mass is 9.90. The number of aromatic nitrogens is 2. The third kappa shape index (κ3) is 3.69. The van der Waals surface area contributed by atoms with Crippen LogP contribution in [0.4, 0.5) is 0 Å². The predicted molar refractivity (Wildman–Crippen MR) is 192 cm³/mol. The average molecular weight is 587 g/mol. The van der Waals surface area contributed by atoms with Crippen molar-refractivity contribution in [2.75, 3.05) is 0 Å². The molecule has 0 atom stereocenters. The van der Waals surface area contributed by atoms with E-state index in [2.05, 4.69) is 137 Å². The SMILES string of the molecule is c1ccc(-n2c3ccccc3c3cc4c(cc(-c5ccc6oc7ccccc7c6c5)c5ccc(-c6cccnc6)cc54)cc32)cc1. The van der Waals surface area contributed by atoms with Crippen molar-refractivity contribution >= 4 is 65.3 Å². The maximum atomic E-state index is 6.19. The van der Waals surface area contributed by atoms with E-state index < -0.39 is 0 Å². The van der Waals surface area contributed by atoms with Crippen molar-refractivity contribution in [1.82, 2.24) is 9.55 Å². The largest absolute Gasteiger partial charge is 0.456 e. The van der Waals surface area contributed by atoms with Crippen molar-refractivity contribution in [2.45, 2.75) is 0 Å². The number of benzene rings is 7. The van der Waals surface area contributed by atoms with Crippen molar-refractivity contribution in [3.63, 3.8) is 0 Å². The molecule has 0 radical (unpaired) electrons. The molecule has 0 aliphatic rings. The quantitative estimate of drug-likeness (QED) is 0.193. The fraction of sp³-hybridized carbons (Fsp3) is 0. The minimum absolute atomic E-state index is 0.906. The van der Waals surface area contributed by atoms with Crippen LogP contribution in [0.25, 0.3) is 93.2 Å². The van der Waals surface area contributed by atoms with Crippen LogP contribution in [0, 0.1) is 0 Å². The monoisotopic (exact) mass is 586 g/mol. The van der Waals surface area contributed by atoms with E-state index in [-0.39, 0.29) is 0 Å². The highest BCUT2D eigenvalue weighted by Crippen LogP contribution is 2.42. The fourth-order valence-electron chi connectivity index (χ4n) is 7.32. The average Bonchev–Trinajstić information content (AvgIpc) is 3.66. The standard InChI is InChI=1S/C43H26N2O/c1-2-10-31(11-3-1)45-40-14-6-4-12-33(40)38-25-36-30(24-41(38)45)23-35(32-18-16-27(21-37(32)36)29-9-8-20-44-26-29)28-17-19-43-39(22-28)34-13-5-7-15-42(34)46-43/h1-26H. The van der Waals surface area contributed by atoms with Gasteiger partial charge in [-0.1, -0.05) is 78.9 Å². The van der Waals surface area contributed by atoms with Gasteiger partial charge in [0.1, 0.15) is 11.2 Å². The van der Waals surface area contributed by atoms with E-state index in [9.17, 15) is 0 Å². The Labute approximate surface area is 264 Å². The molecule has 0 spiro atoms. The molecular formula is C43H26N2O. The van der Waals surface area contributed by atoms with Gasteiger partial charge >= 0.3 is 0 Å². The number of nitrogens with zero attached hydrogens (tertiary/aromatic N) is 2. The summed E-state index contributed by atoms with van der Waals surface area (Å²) in [6.07, 6.45) is 3.77. The highest BCUT2D eigenvalue weighted by Gasteiger charge is 2.17. The van der Waals surface area contributed by atoms with Gasteiger partial charge in [-0.2, -0.15) is 0 Å². The van der Waals surface area contributed by atoms with Crippen molar-refractivity contribution in [3.8, 4) is 27.9 Å². The van der Waals surface area contributed by atoms with Gasteiger partial charge in [-0.15, -0.1) is 0 Å². The van der Waals surface area contributed by atoms with Crippen LogP contribution in [0.15, 0.2) is 162 Å². The van der Waals surface area contributed by atoms with Gasteiger partial charge in [-0.05, 0) is 105 Å². The van der Waals surface area contributed by atoms with E-state index in [4.69, 9.17) is 4.42 Å². The highest BCUT2D eigenvalue weighted by molar-refractivity contribution is 6.21. The maximum Gasteiger partial charge on any atom is 0.135 e. The Morgan fingerprint density at radius 3 is 2.11 bits per heavy atom. The summed E-state index contributed by atoms with van der Waals surface area (Å²) in [5.41, 5.74) is 10.0. The molecule has 0 aliphatic heterocycles. The van der Waals surface area contributed by atoms with Gasteiger partial charge in [0, 0.05) is 45.2 Å². The zero-order chi connectivity index (χ0) is 30.2. The van der Waals surface area contributed by atoms with E-state index in [0.29, 0.717) is 0 Å². The molecule has 46 heavy (non-hydrogen) atoms. The molecule has 0 saturated heterocycles. The number of rotatable bonds is 3. The molecule has 7 aromatic carbocycles. The van der Waals surface area contributed by atoms with Crippen molar-refractivity contribution < 1.29 is 4.42 Å². The molecule has 3 nitrogen and oxygen atoms in total. The van der Waals surface area contributed by atoms with Crippen LogP contribution < -0.4 is 0 Å². The van der Waals surface area contributed by atoms with E-state index in [1.165, 1.54) is 54.5 Å². The third-order valence-corrected chi connectivity index (χ3v) is 9.44. The molecule has 0 fully saturated rings. The van der Waals surface area contributed by atoms with Crippen LogP contribution in [0.1, 0.15) is 0 Å². The number of pyridine rings is 1. The molecule has 0 N–H and O–H groups in total. The summed E-state index contributed by atoms with van der Waals surface area (Å²) in [4.78, 5) is 4.41. The molecule has 0 amide bonds. The van der Waals surface area contributed by atoms with Gasteiger partial charge in [0.05, 0.1) is 11.0 Å². The topological polar surface area (TPSA) is 31.0 Å². The second-order valence-corrected chi connectivity index (χ2v) is 12.0. The molecule has 214 valence electrons. The summed E-state index contributed by atoms with van der Waals surface area (Å²) in [5, 5.41) is 9.66. The normalized spacial score (nSPS) is 11.9. The van der Waals surface area contributed by atoms with E-state index in [1.54, 1.807) is 0 Å². The van der Waals surface area contributed by atoms with Gasteiger partial charge < -0.3 is 8.98 Å². The summed E-state index contributed by atoms with van der Waals surface area (Å²) < 4.78 is 8.58. The number of para-hydroxylation sites is 3. The van der Waals surface area contributed by atoms with Crippen molar-refractivity contribution in [2.24, 2.45) is 0 Å². The summed E-state index contributed by atoms with van der Waals surface area (Å²) >= 11 is 0. The number of fused-ring (bicyclic) bond motifs is 9. The molecule has 10 aromatic rings. The Kier molecular flexibility index (Phi) is 5.28. The van der Waals surface area contributed by atoms with Crippen LogP contribution >= 0.6 is 0 Å². The van der Waals surface area contributed by atoms with Crippen molar-refractivity contribution in [3.05, 3.63) is 158 Å². The zero-order valence-corrected chi connectivity index (χ0v) is 24.8. The first-order valence-corrected chi connectivity index (χ1v) is 15.6. The number of hydrogen-bond donors (Lipinski definition) is 0. The summed E-state index contributed by atoms with van der Waals surface area (Å²) in [6, 6.07) is 52.4. The Morgan fingerprint density at radius 2 is 1.22 bits per heavy atom. The molecule has 0 aliphatic carbocycles. The van der Waals surface area contributed by atoms with Gasteiger partial charge in [-0.25, -0.2) is 0 Å².